The van der Waals surface area contributed by atoms with Gasteiger partial charge in [0.1, 0.15) is 5.82 Å². The number of hydrogen-bond acceptors (Lipinski definition) is 2. The smallest absolute Gasteiger partial charge is 0.257 e. The summed E-state index contributed by atoms with van der Waals surface area (Å²) in [6.07, 6.45) is 2.35. The van der Waals surface area contributed by atoms with Gasteiger partial charge in [-0.25, -0.2) is 4.39 Å². The second-order valence-electron chi connectivity index (χ2n) is 4.39. The van der Waals surface area contributed by atoms with Gasteiger partial charge in [-0.3, -0.25) is 9.78 Å². The van der Waals surface area contributed by atoms with Gasteiger partial charge in [0.2, 0.25) is 0 Å². The molecule has 0 aliphatic heterocycles. The van der Waals surface area contributed by atoms with Crippen molar-refractivity contribution < 1.29 is 9.18 Å². The fourth-order valence-corrected chi connectivity index (χ4v) is 2.33. The maximum Gasteiger partial charge on any atom is 0.257 e. The summed E-state index contributed by atoms with van der Waals surface area (Å²) in [5, 5.41) is 0. The van der Waals surface area contributed by atoms with Gasteiger partial charge in [0.15, 0.2) is 0 Å². The molecule has 0 aliphatic rings. The van der Waals surface area contributed by atoms with Crippen LogP contribution in [0.4, 0.5) is 4.39 Å². The topological polar surface area (TPSA) is 33.2 Å². The molecule has 2 aromatic rings. The molecule has 1 aromatic heterocycles. The molecule has 0 spiro atoms. The minimum Gasteiger partial charge on any atom is -0.341 e. The minimum atomic E-state index is -0.519. The van der Waals surface area contributed by atoms with Crippen LogP contribution in [0.5, 0.6) is 0 Å². The van der Waals surface area contributed by atoms with Crippen LogP contribution < -0.4 is 0 Å². The third-order valence-electron chi connectivity index (χ3n) is 2.95. The molecular formula is C15H14BrFN2O. The number of hydrogen-bond donors (Lipinski definition) is 0. The van der Waals surface area contributed by atoms with Crippen LogP contribution in [0.15, 0.2) is 47.1 Å². The number of nitrogens with zero attached hydrogens (tertiary/aromatic N) is 2. The Morgan fingerprint density at radius 3 is 2.75 bits per heavy atom. The Balaban J connectivity index is 2.06. The van der Waals surface area contributed by atoms with Gasteiger partial charge < -0.3 is 4.90 Å². The third-order valence-corrected chi connectivity index (χ3v) is 3.61. The molecule has 0 N–H and O–H groups in total. The van der Waals surface area contributed by atoms with E-state index in [1.54, 1.807) is 25.4 Å². The molecule has 0 radical (unpaired) electrons. The number of benzene rings is 1. The van der Waals surface area contributed by atoms with Crippen LogP contribution >= 0.6 is 15.9 Å². The van der Waals surface area contributed by atoms with Crippen LogP contribution in [-0.2, 0) is 6.42 Å². The van der Waals surface area contributed by atoms with Crippen LogP contribution in [0.2, 0.25) is 0 Å². The molecule has 0 saturated carbocycles. The summed E-state index contributed by atoms with van der Waals surface area (Å²) >= 11 is 3.21. The van der Waals surface area contributed by atoms with E-state index in [0.717, 1.165) is 5.69 Å². The van der Waals surface area contributed by atoms with E-state index in [1.807, 2.05) is 18.2 Å². The van der Waals surface area contributed by atoms with E-state index in [4.69, 9.17) is 0 Å². The SMILES string of the molecule is CN(CCc1ccccn1)C(=O)c1c(F)cccc1Br. The lowest BCUT2D eigenvalue weighted by Crippen LogP contribution is -2.30. The average molecular weight is 337 g/mol. The van der Waals surface area contributed by atoms with Crippen LogP contribution in [-0.4, -0.2) is 29.4 Å². The van der Waals surface area contributed by atoms with Gasteiger partial charge in [-0.15, -0.1) is 0 Å². The molecule has 0 aliphatic carbocycles. The summed E-state index contributed by atoms with van der Waals surface area (Å²) in [6.45, 7) is 0.483. The van der Waals surface area contributed by atoms with E-state index in [-0.39, 0.29) is 11.5 Å². The molecule has 0 atom stereocenters. The zero-order chi connectivity index (χ0) is 14.5. The first-order valence-corrected chi connectivity index (χ1v) is 6.98. The van der Waals surface area contributed by atoms with Crippen LogP contribution in [0.25, 0.3) is 0 Å². The number of amides is 1. The van der Waals surface area contributed by atoms with E-state index in [2.05, 4.69) is 20.9 Å². The lowest BCUT2D eigenvalue weighted by molar-refractivity contribution is 0.0791. The first kappa shape index (κ1) is 14.7. The van der Waals surface area contributed by atoms with Crippen molar-refractivity contribution in [2.45, 2.75) is 6.42 Å². The Morgan fingerprint density at radius 2 is 2.10 bits per heavy atom. The van der Waals surface area contributed by atoms with E-state index >= 15 is 0 Å². The molecular weight excluding hydrogens is 323 g/mol. The molecule has 3 nitrogen and oxygen atoms in total. The second-order valence-corrected chi connectivity index (χ2v) is 5.25. The van der Waals surface area contributed by atoms with Crippen LogP contribution in [0.3, 0.4) is 0 Å². The molecule has 0 bridgehead atoms. The molecule has 1 amide bonds. The van der Waals surface area contributed by atoms with Gasteiger partial charge >= 0.3 is 0 Å². The Morgan fingerprint density at radius 1 is 1.30 bits per heavy atom. The lowest BCUT2D eigenvalue weighted by atomic mass is 10.2. The highest BCUT2D eigenvalue weighted by Gasteiger charge is 2.19. The summed E-state index contributed by atoms with van der Waals surface area (Å²) in [5.41, 5.74) is 0.968. The highest BCUT2D eigenvalue weighted by molar-refractivity contribution is 9.10. The first-order chi connectivity index (χ1) is 9.59. The summed E-state index contributed by atoms with van der Waals surface area (Å²) in [6, 6.07) is 10.1. The van der Waals surface area contributed by atoms with Crippen molar-refractivity contribution in [1.82, 2.24) is 9.88 Å². The number of rotatable bonds is 4. The molecule has 1 aromatic carbocycles. The van der Waals surface area contributed by atoms with E-state index in [9.17, 15) is 9.18 Å². The van der Waals surface area contributed by atoms with Crippen molar-refractivity contribution in [2.24, 2.45) is 0 Å². The fraction of sp³-hybridized carbons (Fsp3) is 0.200. The molecule has 5 heteroatoms. The van der Waals surface area contributed by atoms with Crippen LogP contribution in [0.1, 0.15) is 16.1 Å². The predicted octanol–water partition coefficient (Wildman–Crippen LogP) is 3.30. The van der Waals surface area contributed by atoms with Gasteiger partial charge in [0.05, 0.1) is 5.56 Å². The summed E-state index contributed by atoms with van der Waals surface area (Å²) in [7, 11) is 1.66. The number of carbonyl (C=O) groups is 1. The zero-order valence-corrected chi connectivity index (χ0v) is 12.6. The average Bonchev–Trinajstić information content (AvgIpc) is 2.45. The molecule has 1 heterocycles. The molecule has 0 saturated heterocycles. The predicted molar refractivity (Wildman–Crippen MR) is 79.0 cm³/mol. The monoisotopic (exact) mass is 336 g/mol. The summed E-state index contributed by atoms with van der Waals surface area (Å²) < 4.78 is 14.2. The maximum atomic E-state index is 13.7. The number of likely N-dealkylation sites (N-methyl/N-ethyl adjacent to an activating group) is 1. The second kappa shape index (κ2) is 6.61. The highest BCUT2D eigenvalue weighted by Crippen LogP contribution is 2.21. The van der Waals surface area contributed by atoms with Crippen molar-refractivity contribution >= 4 is 21.8 Å². The standard InChI is InChI=1S/C15H14BrFN2O/c1-19(10-8-11-5-2-3-9-18-11)15(20)14-12(16)6-4-7-13(14)17/h2-7,9H,8,10H2,1H3. The fourth-order valence-electron chi connectivity index (χ4n) is 1.82. The van der Waals surface area contributed by atoms with Crippen molar-refractivity contribution in [3.05, 3.63) is 64.1 Å². The van der Waals surface area contributed by atoms with Crippen molar-refractivity contribution in [2.75, 3.05) is 13.6 Å². The largest absolute Gasteiger partial charge is 0.341 e. The molecule has 104 valence electrons. The molecule has 0 unspecified atom stereocenters. The zero-order valence-electron chi connectivity index (χ0n) is 11.0. The van der Waals surface area contributed by atoms with E-state index < -0.39 is 5.82 Å². The van der Waals surface area contributed by atoms with Gasteiger partial charge in [-0.1, -0.05) is 12.1 Å². The quantitative estimate of drug-likeness (QED) is 0.858. The normalized spacial score (nSPS) is 10.3. The maximum absolute atomic E-state index is 13.7. The Hall–Kier alpha value is -1.75. The highest BCUT2D eigenvalue weighted by atomic mass is 79.9. The number of carbonyl (C=O) groups excluding carboxylic acids is 1. The first-order valence-electron chi connectivity index (χ1n) is 6.19. The Bertz CT molecular complexity index is 584. The number of pyridine rings is 1. The number of halogens is 2. The van der Waals surface area contributed by atoms with E-state index in [0.29, 0.717) is 17.4 Å². The van der Waals surface area contributed by atoms with Crippen LogP contribution in [0, 0.1) is 5.82 Å². The summed E-state index contributed by atoms with van der Waals surface area (Å²) in [5.74, 6) is -0.861. The lowest BCUT2D eigenvalue weighted by Gasteiger charge is -2.18. The summed E-state index contributed by atoms with van der Waals surface area (Å²) in [4.78, 5) is 17.9. The number of aromatic nitrogens is 1. The molecule has 0 fully saturated rings. The van der Waals surface area contributed by atoms with Gasteiger partial charge in [-0.05, 0) is 40.2 Å². The van der Waals surface area contributed by atoms with Gasteiger partial charge in [-0.2, -0.15) is 0 Å². The van der Waals surface area contributed by atoms with Gasteiger partial charge in [0, 0.05) is 36.4 Å². The minimum absolute atomic E-state index is 0.0658. The molecule has 2 rings (SSSR count). The van der Waals surface area contributed by atoms with Crippen molar-refractivity contribution in [3.63, 3.8) is 0 Å². The third kappa shape index (κ3) is 3.42. The Kier molecular flexibility index (Phi) is 4.84. The molecule has 20 heavy (non-hydrogen) atoms. The Labute approximate surface area is 125 Å². The van der Waals surface area contributed by atoms with Crippen molar-refractivity contribution in [1.29, 1.82) is 0 Å². The van der Waals surface area contributed by atoms with E-state index in [1.165, 1.54) is 11.0 Å². The van der Waals surface area contributed by atoms with Crippen molar-refractivity contribution in [3.8, 4) is 0 Å². The van der Waals surface area contributed by atoms with Gasteiger partial charge in [0.25, 0.3) is 5.91 Å².